The van der Waals surface area contributed by atoms with Crippen LogP contribution in [-0.2, 0) is 65.4 Å². The van der Waals surface area contributed by atoms with Crippen LogP contribution in [0.2, 0.25) is 0 Å². The van der Waals surface area contributed by atoms with Crippen molar-refractivity contribution in [3.05, 3.63) is 48.6 Å². The maximum atomic E-state index is 13.0. The minimum absolute atomic E-state index is 0.0783. The van der Waals surface area contributed by atoms with Gasteiger partial charge in [-0.25, -0.2) is 9.13 Å². The summed E-state index contributed by atoms with van der Waals surface area (Å²) < 4.78 is 67.9. The van der Waals surface area contributed by atoms with Crippen LogP contribution in [0, 0.1) is 0 Å². The van der Waals surface area contributed by atoms with E-state index in [1.165, 1.54) is 103 Å². The molecular weight excluding hydrogens is 1160 g/mol. The molecule has 5 atom stereocenters. The average molecular weight is 1290 g/mol. The summed E-state index contributed by atoms with van der Waals surface area (Å²) in [5.41, 5.74) is 0. The van der Waals surface area contributed by atoms with Gasteiger partial charge in [0.15, 0.2) is 12.2 Å². The highest BCUT2D eigenvalue weighted by molar-refractivity contribution is 7.47. The lowest BCUT2D eigenvalue weighted by Gasteiger charge is -2.21. The molecule has 0 aromatic carbocycles. The molecule has 0 bridgehead atoms. The van der Waals surface area contributed by atoms with Gasteiger partial charge >= 0.3 is 39.5 Å². The van der Waals surface area contributed by atoms with E-state index in [1.54, 1.807) is 0 Å². The van der Waals surface area contributed by atoms with Gasteiger partial charge < -0.3 is 33.8 Å². The van der Waals surface area contributed by atoms with E-state index in [2.05, 4.69) is 76.3 Å². The molecule has 0 aliphatic heterocycles. The molecule has 3 N–H and O–H groups in total. The van der Waals surface area contributed by atoms with Crippen molar-refractivity contribution < 1.29 is 80.2 Å². The van der Waals surface area contributed by atoms with Crippen molar-refractivity contribution in [3.63, 3.8) is 0 Å². The molecule has 0 saturated carbocycles. The summed E-state index contributed by atoms with van der Waals surface area (Å²) in [6.07, 6.45) is 56.0. The standard InChI is InChI=1S/C69H126O17P2/c1-5-9-13-17-20-23-26-29-31-34-36-39-42-46-50-54-67(72)80-60-65(86-69(74)56-52-48-44-41-38-35-32-30-27-24-21-18-14-10-6-2)62-84-88(77,78)82-58-63(70)57-81-87(75,76)83-61-64(59-79-66(71)53-49-45-16-12-8-4)85-68(73)55-51-47-43-40-37-33-28-25-22-19-15-11-7-3/h23-24,26-27,29-32,63-65,70H,5-22,25,28,33-62H2,1-4H3,(H,75,76)(H,77,78)/b26-23-,27-24-,31-29-,32-30-/t63-,64+,65+/m0/s1. The van der Waals surface area contributed by atoms with Crippen LogP contribution in [0.4, 0.5) is 0 Å². The van der Waals surface area contributed by atoms with Gasteiger partial charge in [0.2, 0.25) is 0 Å². The summed E-state index contributed by atoms with van der Waals surface area (Å²) in [6.45, 7) is 4.71. The van der Waals surface area contributed by atoms with E-state index in [1.807, 2.05) is 0 Å². The molecule has 17 nitrogen and oxygen atoms in total. The third kappa shape index (κ3) is 61.9. The van der Waals surface area contributed by atoms with Crippen LogP contribution in [0.3, 0.4) is 0 Å². The van der Waals surface area contributed by atoms with E-state index in [9.17, 15) is 43.2 Å². The Balaban J connectivity index is 5.24. The van der Waals surface area contributed by atoms with Gasteiger partial charge in [0.1, 0.15) is 19.3 Å². The van der Waals surface area contributed by atoms with Crippen molar-refractivity contribution in [2.24, 2.45) is 0 Å². The van der Waals surface area contributed by atoms with Gasteiger partial charge in [-0.05, 0) is 77.0 Å². The summed E-state index contributed by atoms with van der Waals surface area (Å²) in [7, 11) is -9.91. The molecule has 0 amide bonds. The molecule has 0 aliphatic carbocycles. The van der Waals surface area contributed by atoms with Gasteiger partial charge in [-0.15, -0.1) is 0 Å². The Labute approximate surface area is 534 Å². The second-order valence-corrected chi connectivity index (χ2v) is 26.5. The van der Waals surface area contributed by atoms with Crippen LogP contribution >= 0.6 is 15.6 Å². The fourth-order valence-electron chi connectivity index (χ4n) is 9.44. The maximum Gasteiger partial charge on any atom is 0.472 e. The Kier molecular flexibility index (Phi) is 60.7. The lowest BCUT2D eigenvalue weighted by molar-refractivity contribution is -0.161. The topological polar surface area (TPSA) is 237 Å². The number of esters is 4. The molecule has 0 fully saturated rings. The molecule has 0 saturated heterocycles. The molecule has 88 heavy (non-hydrogen) atoms. The van der Waals surface area contributed by atoms with Crippen molar-refractivity contribution in [2.75, 3.05) is 39.6 Å². The van der Waals surface area contributed by atoms with E-state index in [0.29, 0.717) is 25.7 Å². The highest BCUT2D eigenvalue weighted by atomic mass is 31.2. The fourth-order valence-corrected chi connectivity index (χ4v) is 11.0. The van der Waals surface area contributed by atoms with Crippen LogP contribution in [0.5, 0.6) is 0 Å². The number of phosphoric acid groups is 2. The fraction of sp³-hybridized carbons (Fsp3) is 0.826. The zero-order valence-electron chi connectivity index (χ0n) is 55.7. The van der Waals surface area contributed by atoms with E-state index in [0.717, 1.165) is 128 Å². The molecule has 514 valence electrons. The van der Waals surface area contributed by atoms with E-state index >= 15 is 0 Å². The third-order valence-electron chi connectivity index (χ3n) is 14.9. The smallest absolute Gasteiger partial charge is 0.462 e. The zero-order valence-corrected chi connectivity index (χ0v) is 57.4. The van der Waals surface area contributed by atoms with Crippen LogP contribution < -0.4 is 0 Å². The summed E-state index contributed by atoms with van der Waals surface area (Å²) in [4.78, 5) is 72.2. The van der Waals surface area contributed by atoms with E-state index in [-0.39, 0.29) is 25.7 Å². The number of hydrogen-bond acceptors (Lipinski definition) is 15. The number of hydrogen-bond donors (Lipinski definition) is 3. The predicted molar refractivity (Wildman–Crippen MR) is 354 cm³/mol. The number of carbonyl (C=O) groups excluding carboxylic acids is 4. The Morgan fingerprint density at radius 1 is 0.318 bits per heavy atom. The van der Waals surface area contributed by atoms with Gasteiger partial charge in [-0.1, -0.05) is 256 Å². The number of phosphoric ester groups is 2. The van der Waals surface area contributed by atoms with Gasteiger partial charge in [-0.2, -0.15) is 0 Å². The van der Waals surface area contributed by atoms with Gasteiger partial charge in [0, 0.05) is 25.7 Å². The Bertz CT molecular complexity index is 1870. The minimum atomic E-state index is -4.96. The molecule has 19 heteroatoms. The zero-order chi connectivity index (χ0) is 64.7. The largest absolute Gasteiger partial charge is 0.472 e. The third-order valence-corrected chi connectivity index (χ3v) is 16.8. The van der Waals surface area contributed by atoms with Crippen molar-refractivity contribution in [2.45, 2.75) is 329 Å². The lowest BCUT2D eigenvalue weighted by atomic mass is 10.0. The van der Waals surface area contributed by atoms with E-state index in [4.69, 9.17) is 37.0 Å². The van der Waals surface area contributed by atoms with Crippen LogP contribution in [0.15, 0.2) is 48.6 Å². The number of carbonyl (C=O) groups is 4. The second kappa shape index (κ2) is 62.8. The summed E-state index contributed by atoms with van der Waals surface area (Å²) in [5, 5.41) is 10.5. The molecule has 2 unspecified atom stereocenters. The normalized spacial score (nSPS) is 14.4. The van der Waals surface area contributed by atoms with Gasteiger partial charge in [0.25, 0.3) is 0 Å². The first-order chi connectivity index (χ1) is 42.7. The second-order valence-electron chi connectivity index (χ2n) is 23.5. The summed E-state index contributed by atoms with van der Waals surface area (Å²) >= 11 is 0. The van der Waals surface area contributed by atoms with Crippen molar-refractivity contribution in [1.82, 2.24) is 0 Å². The number of unbranched alkanes of at least 4 members (excludes halogenated alkanes) is 34. The van der Waals surface area contributed by atoms with E-state index < -0.39 is 97.5 Å². The SMILES string of the molecule is CCCCCC/C=C\C=C/CCCCCCCC(=O)OC[C@H](COP(=O)(O)OC[C@@H](O)COP(=O)(O)OC[C@@H](COC(=O)CCCCCCC)OC(=O)CCCCCCCCCCCCCCC)OC(=O)CCCCCCC/C=C\C=C/CCCCCC. The first-order valence-electron chi connectivity index (χ1n) is 34.9. The molecule has 0 spiro atoms. The van der Waals surface area contributed by atoms with Crippen molar-refractivity contribution in [3.8, 4) is 0 Å². The number of aliphatic hydroxyl groups excluding tert-OH is 1. The molecule has 0 aromatic rings. The summed E-state index contributed by atoms with van der Waals surface area (Å²) in [5.74, 6) is -2.20. The van der Waals surface area contributed by atoms with Gasteiger partial charge in [0.05, 0.1) is 26.4 Å². The van der Waals surface area contributed by atoms with Crippen LogP contribution in [0.1, 0.15) is 310 Å². The average Bonchev–Trinajstić information content (AvgIpc) is 3.58. The Morgan fingerprint density at radius 2 is 0.545 bits per heavy atom. The predicted octanol–water partition coefficient (Wildman–Crippen LogP) is 19.0. The van der Waals surface area contributed by atoms with Crippen LogP contribution in [0.25, 0.3) is 0 Å². The number of ether oxygens (including phenoxy) is 4. The Hall–Kier alpha value is -2.98. The number of rotatable bonds is 66. The highest BCUT2D eigenvalue weighted by Crippen LogP contribution is 2.45. The summed E-state index contributed by atoms with van der Waals surface area (Å²) in [6, 6.07) is 0. The first kappa shape index (κ1) is 85.0. The molecule has 0 rings (SSSR count). The quantitative estimate of drug-likeness (QED) is 0.0169. The molecule has 0 radical (unpaired) electrons. The monoisotopic (exact) mass is 1290 g/mol. The molecule has 0 aromatic heterocycles. The number of allylic oxidation sites excluding steroid dienone is 8. The Morgan fingerprint density at radius 3 is 0.830 bits per heavy atom. The highest BCUT2D eigenvalue weighted by Gasteiger charge is 2.30. The molecular formula is C69H126O17P2. The minimum Gasteiger partial charge on any atom is -0.462 e. The number of aliphatic hydroxyl groups is 1. The van der Waals surface area contributed by atoms with Crippen molar-refractivity contribution >= 4 is 39.5 Å². The first-order valence-corrected chi connectivity index (χ1v) is 37.9. The van der Waals surface area contributed by atoms with Crippen molar-refractivity contribution in [1.29, 1.82) is 0 Å². The van der Waals surface area contributed by atoms with Gasteiger partial charge in [-0.3, -0.25) is 37.3 Å². The van der Waals surface area contributed by atoms with Crippen LogP contribution in [-0.4, -0.2) is 96.7 Å². The lowest BCUT2D eigenvalue weighted by Crippen LogP contribution is -2.30. The molecule has 0 aliphatic rings. The maximum absolute atomic E-state index is 13.0. The molecule has 0 heterocycles.